The summed E-state index contributed by atoms with van der Waals surface area (Å²) < 4.78 is 31.5. The third kappa shape index (κ3) is 5.54. The van der Waals surface area contributed by atoms with E-state index in [9.17, 15) is 14.0 Å². The second-order valence-electron chi connectivity index (χ2n) is 9.46. The number of aromatic nitrogens is 1. The summed E-state index contributed by atoms with van der Waals surface area (Å²) in [5, 5.41) is 3.90. The second-order valence-corrected chi connectivity index (χ2v) is 9.46. The Balaban J connectivity index is 1.73. The first-order valence-corrected chi connectivity index (χ1v) is 12.4. The van der Waals surface area contributed by atoms with Gasteiger partial charge in [0.2, 0.25) is 5.88 Å². The molecule has 2 fully saturated rings. The largest absolute Gasteiger partial charge is 0.490 e. The van der Waals surface area contributed by atoms with E-state index < -0.39 is 29.9 Å². The number of rotatable bonds is 7. The Hall–Kier alpha value is -3.38. The van der Waals surface area contributed by atoms with Crippen molar-refractivity contribution in [2.24, 2.45) is 17.6 Å². The van der Waals surface area contributed by atoms with Gasteiger partial charge in [0.25, 0.3) is 11.8 Å². The first kappa shape index (κ1) is 25.7. The Morgan fingerprint density at radius 3 is 2.72 bits per heavy atom. The van der Waals surface area contributed by atoms with E-state index >= 15 is 0 Å². The smallest absolute Gasteiger partial charge is 0.255 e. The molecule has 2 aromatic rings. The predicted octanol–water partition coefficient (Wildman–Crippen LogP) is 3.14. The van der Waals surface area contributed by atoms with Crippen LogP contribution in [0.15, 0.2) is 18.3 Å². The topological polar surface area (TPSA) is 113 Å². The van der Waals surface area contributed by atoms with Crippen molar-refractivity contribution < 1.29 is 28.2 Å². The highest BCUT2D eigenvalue weighted by Gasteiger charge is 2.41. The van der Waals surface area contributed by atoms with E-state index in [1.54, 1.807) is 18.3 Å². The van der Waals surface area contributed by atoms with Crippen molar-refractivity contribution in [1.82, 2.24) is 10.3 Å². The molecule has 3 atom stereocenters. The van der Waals surface area contributed by atoms with Crippen molar-refractivity contribution >= 4 is 22.6 Å². The monoisotopic (exact) mass is 497 g/mol. The van der Waals surface area contributed by atoms with Crippen LogP contribution in [-0.4, -0.2) is 54.9 Å². The van der Waals surface area contributed by atoms with Crippen molar-refractivity contribution in [2.45, 2.75) is 58.4 Å². The van der Waals surface area contributed by atoms with Gasteiger partial charge in [-0.25, -0.2) is 9.37 Å². The minimum Gasteiger partial charge on any atom is -0.490 e. The number of carbonyl (C=O) groups is 2. The number of primary amides is 1. The van der Waals surface area contributed by atoms with E-state index in [0.717, 1.165) is 12.8 Å². The zero-order chi connectivity index (χ0) is 25.8. The molecule has 0 spiro atoms. The van der Waals surface area contributed by atoms with Crippen molar-refractivity contribution in [3.8, 4) is 23.5 Å². The Morgan fingerprint density at radius 2 is 2.06 bits per heavy atom. The molecule has 1 aromatic carbocycles. The van der Waals surface area contributed by atoms with Crippen LogP contribution >= 0.6 is 0 Å². The number of pyridine rings is 1. The maximum Gasteiger partial charge on any atom is 0.255 e. The van der Waals surface area contributed by atoms with Crippen molar-refractivity contribution in [3.63, 3.8) is 0 Å². The zero-order valence-electron chi connectivity index (χ0n) is 20.8. The fourth-order valence-corrected chi connectivity index (χ4v) is 4.62. The average Bonchev–Trinajstić information content (AvgIpc) is 3.13. The SMILES string of the molecule is CC[C@@H]1C(F)C(=O)N[C@@H]1COc1ncc(C#CC2CCOCC2)c2cc(C(N)=O)c(OC(C)C)cc12. The lowest BCUT2D eigenvalue weighted by atomic mass is 9.97. The van der Waals surface area contributed by atoms with Crippen LogP contribution in [0.3, 0.4) is 0 Å². The van der Waals surface area contributed by atoms with E-state index in [2.05, 4.69) is 22.1 Å². The van der Waals surface area contributed by atoms with E-state index in [1.165, 1.54) is 0 Å². The molecule has 1 aromatic heterocycles. The molecule has 36 heavy (non-hydrogen) atoms. The van der Waals surface area contributed by atoms with Crippen molar-refractivity contribution in [3.05, 3.63) is 29.5 Å². The van der Waals surface area contributed by atoms with E-state index in [-0.39, 0.29) is 30.1 Å². The third-order valence-electron chi connectivity index (χ3n) is 6.55. The third-order valence-corrected chi connectivity index (χ3v) is 6.55. The Bertz CT molecular complexity index is 1200. The summed E-state index contributed by atoms with van der Waals surface area (Å²) in [5.74, 6) is 5.60. The van der Waals surface area contributed by atoms with Gasteiger partial charge in [0.1, 0.15) is 12.4 Å². The van der Waals surface area contributed by atoms with Crippen LogP contribution in [0, 0.1) is 23.7 Å². The van der Waals surface area contributed by atoms with Gasteiger partial charge in [-0.05, 0) is 45.2 Å². The Labute approximate surface area is 210 Å². The van der Waals surface area contributed by atoms with Gasteiger partial charge in [-0.1, -0.05) is 18.8 Å². The molecule has 0 saturated carbocycles. The number of halogens is 1. The van der Waals surface area contributed by atoms with Crippen molar-refractivity contribution in [2.75, 3.05) is 19.8 Å². The highest BCUT2D eigenvalue weighted by molar-refractivity contribution is 6.03. The maximum absolute atomic E-state index is 14.2. The quantitative estimate of drug-likeness (QED) is 0.569. The molecule has 2 amide bonds. The van der Waals surface area contributed by atoms with Gasteiger partial charge in [-0.2, -0.15) is 0 Å². The minimum absolute atomic E-state index is 0.0534. The van der Waals surface area contributed by atoms with Gasteiger partial charge in [0.15, 0.2) is 6.17 Å². The van der Waals surface area contributed by atoms with Gasteiger partial charge in [0.05, 0.1) is 23.3 Å². The standard InChI is InChI=1S/C27H32FN3O5/c1-4-18-22(31-26(33)24(18)28)14-35-27-20-12-23(36-15(2)3)21(25(29)32)11-19(20)17(13-30-27)6-5-16-7-9-34-10-8-16/h11-13,15-16,18,22,24H,4,7-10,14H2,1-3H3,(H2,29,32)(H,31,33)/t18-,22+,24?/m0/s1. The molecule has 192 valence electrons. The van der Waals surface area contributed by atoms with E-state index in [1.807, 2.05) is 20.8 Å². The number of nitrogens with zero attached hydrogens (tertiary/aromatic N) is 1. The average molecular weight is 498 g/mol. The minimum atomic E-state index is -1.56. The lowest BCUT2D eigenvalue weighted by molar-refractivity contribution is -0.123. The summed E-state index contributed by atoms with van der Waals surface area (Å²) in [5.41, 5.74) is 6.53. The van der Waals surface area contributed by atoms with Crippen LogP contribution in [0.25, 0.3) is 10.8 Å². The summed E-state index contributed by atoms with van der Waals surface area (Å²) in [6.07, 6.45) is 2.06. The molecule has 4 rings (SSSR count). The summed E-state index contributed by atoms with van der Waals surface area (Å²) >= 11 is 0. The number of nitrogens with two attached hydrogens (primary N) is 1. The molecular weight excluding hydrogens is 465 g/mol. The number of hydrogen-bond donors (Lipinski definition) is 2. The van der Waals surface area contributed by atoms with E-state index in [4.69, 9.17) is 19.9 Å². The van der Waals surface area contributed by atoms with Crippen molar-refractivity contribution in [1.29, 1.82) is 0 Å². The molecule has 2 aliphatic heterocycles. The normalized spacial score (nSPS) is 22.2. The molecule has 0 aliphatic carbocycles. The van der Waals surface area contributed by atoms with Crippen LogP contribution in [-0.2, 0) is 9.53 Å². The number of amides is 2. The van der Waals surface area contributed by atoms with Crippen LogP contribution in [0.4, 0.5) is 4.39 Å². The molecule has 9 heteroatoms. The van der Waals surface area contributed by atoms with Crippen LogP contribution < -0.4 is 20.5 Å². The van der Waals surface area contributed by atoms with E-state index in [0.29, 0.717) is 41.7 Å². The molecule has 3 heterocycles. The van der Waals surface area contributed by atoms with Gasteiger partial charge < -0.3 is 25.3 Å². The summed E-state index contributed by atoms with van der Waals surface area (Å²) in [7, 11) is 0. The molecule has 0 bridgehead atoms. The summed E-state index contributed by atoms with van der Waals surface area (Å²) in [6, 6.07) is 2.86. The number of alkyl halides is 1. The number of ether oxygens (including phenoxy) is 3. The lowest BCUT2D eigenvalue weighted by Gasteiger charge is -2.20. The van der Waals surface area contributed by atoms with Gasteiger partial charge >= 0.3 is 0 Å². The molecular formula is C27H32FN3O5. The van der Waals surface area contributed by atoms with Gasteiger partial charge in [-0.15, -0.1) is 0 Å². The molecule has 3 N–H and O–H groups in total. The van der Waals surface area contributed by atoms with Crippen LogP contribution in [0.5, 0.6) is 11.6 Å². The molecule has 2 aliphatic rings. The molecule has 8 nitrogen and oxygen atoms in total. The predicted molar refractivity (Wildman–Crippen MR) is 133 cm³/mol. The Morgan fingerprint density at radius 1 is 1.31 bits per heavy atom. The number of carbonyl (C=O) groups excluding carboxylic acids is 2. The fraction of sp³-hybridized carbons (Fsp3) is 0.519. The van der Waals surface area contributed by atoms with Gasteiger partial charge in [0, 0.05) is 42.0 Å². The first-order chi connectivity index (χ1) is 17.3. The number of fused-ring (bicyclic) bond motifs is 1. The summed E-state index contributed by atoms with van der Waals surface area (Å²) in [6.45, 7) is 6.96. The highest BCUT2D eigenvalue weighted by atomic mass is 19.1. The zero-order valence-corrected chi connectivity index (χ0v) is 20.8. The number of benzene rings is 1. The molecule has 2 saturated heterocycles. The highest BCUT2D eigenvalue weighted by Crippen LogP contribution is 2.34. The summed E-state index contributed by atoms with van der Waals surface area (Å²) in [4.78, 5) is 28.6. The number of hydrogen-bond acceptors (Lipinski definition) is 6. The lowest BCUT2D eigenvalue weighted by Crippen LogP contribution is -2.34. The molecule has 0 radical (unpaired) electrons. The van der Waals surface area contributed by atoms with Crippen LogP contribution in [0.1, 0.15) is 56.0 Å². The first-order valence-electron chi connectivity index (χ1n) is 12.4. The molecule has 1 unspecified atom stereocenters. The number of nitrogens with one attached hydrogen (secondary N) is 1. The maximum atomic E-state index is 14.2. The van der Waals surface area contributed by atoms with Crippen LogP contribution in [0.2, 0.25) is 0 Å². The van der Waals surface area contributed by atoms with Gasteiger partial charge in [-0.3, -0.25) is 9.59 Å². The Kier molecular flexibility index (Phi) is 7.94. The second kappa shape index (κ2) is 11.1. The fourth-order valence-electron chi connectivity index (χ4n) is 4.62.